The maximum atomic E-state index is 13.1. The largest absolute Gasteiger partial charge is 0.283 e. The highest BCUT2D eigenvalue weighted by Gasteiger charge is 2.29. The van der Waals surface area contributed by atoms with Crippen LogP contribution in [-0.2, 0) is 26.0 Å². The standard InChI is InChI=1S/C22H22N4O5S/c27-19(12-15-10-11-32(30,31)14-15)24-25-20(28)13-26-21(16-6-2-1-3-7-16)23-18-9-5-4-8-17(18)22(26)29/h1-9,15H,10-14H2,(H,24,27)(H,25,28). The normalized spacial score (nSPS) is 17.2. The Bertz CT molecular complexity index is 1340. The molecule has 0 spiro atoms. The van der Waals surface area contributed by atoms with Gasteiger partial charge in [-0.1, -0.05) is 42.5 Å². The fraction of sp³-hybridized carbons (Fsp3) is 0.273. The van der Waals surface area contributed by atoms with Gasteiger partial charge in [0.05, 0.1) is 22.4 Å². The predicted molar refractivity (Wildman–Crippen MR) is 119 cm³/mol. The SMILES string of the molecule is O=C(CC1CCS(=O)(=O)C1)NNC(=O)Cn1c(-c2ccccc2)nc2ccccc2c1=O. The Morgan fingerprint density at radius 3 is 2.41 bits per heavy atom. The lowest BCUT2D eigenvalue weighted by atomic mass is 10.1. The summed E-state index contributed by atoms with van der Waals surface area (Å²) in [6.07, 6.45) is 0.439. The average molecular weight is 455 g/mol. The maximum absolute atomic E-state index is 13.1. The van der Waals surface area contributed by atoms with Gasteiger partial charge in [0.25, 0.3) is 11.5 Å². The van der Waals surface area contributed by atoms with Crippen LogP contribution >= 0.6 is 0 Å². The van der Waals surface area contributed by atoms with E-state index in [9.17, 15) is 22.8 Å². The van der Waals surface area contributed by atoms with Crippen LogP contribution in [0.5, 0.6) is 0 Å². The van der Waals surface area contributed by atoms with Gasteiger partial charge in [0.2, 0.25) is 5.91 Å². The van der Waals surface area contributed by atoms with Gasteiger partial charge in [0.1, 0.15) is 12.4 Å². The summed E-state index contributed by atoms with van der Waals surface area (Å²) in [6, 6.07) is 15.9. The van der Waals surface area contributed by atoms with Crippen LogP contribution in [0.15, 0.2) is 59.4 Å². The summed E-state index contributed by atoms with van der Waals surface area (Å²) in [7, 11) is -3.08. The number of hydrogen-bond acceptors (Lipinski definition) is 6. The number of amides is 2. The number of nitrogens with zero attached hydrogens (tertiary/aromatic N) is 2. The van der Waals surface area contributed by atoms with Crippen LogP contribution in [0, 0.1) is 5.92 Å². The molecule has 3 aromatic rings. The fourth-order valence-electron chi connectivity index (χ4n) is 3.79. The van der Waals surface area contributed by atoms with Gasteiger partial charge in [-0.15, -0.1) is 0 Å². The molecule has 1 atom stereocenters. The van der Waals surface area contributed by atoms with Crippen LogP contribution in [0.2, 0.25) is 0 Å². The predicted octanol–water partition coefficient (Wildman–Crippen LogP) is 1.04. The number of carbonyl (C=O) groups excluding carboxylic acids is 2. The molecule has 2 amide bonds. The number of hydrogen-bond donors (Lipinski definition) is 2. The monoisotopic (exact) mass is 454 g/mol. The molecule has 32 heavy (non-hydrogen) atoms. The molecule has 1 unspecified atom stereocenters. The minimum atomic E-state index is -3.08. The van der Waals surface area contributed by atoms with Crippen molar-refractivity contribution in [3.05, 3.63) is 65.0 Å². The van der Waals surface area contributed by atoms with Crippen LogP contribution < -0.4 is 16.4 Å². The molecule has 4 rings (SSSR count). The molecule has 2 heterocycles. The number of para-hydroxylation sites is 1. The molecule has 1 aliphatic rings. The van der Waals surface area contributed by atoms with Gasteiger partial charge in [-0.2, -0.15) is 0 Å². The molecule has 166 valence electrons. The number of hydrazine groups is 1. The highest BCUT2D eigenvalue weighted by Crippen LogP contribution is 2.21. The molecule has 0 saturated carbocycles. The molecule has 0 bridgehead atoms. The molecule has 1 saturated heterocycles. The van der Waals surface area contributed by atoms with E-state index in [2.05, 4.69) is 15.8 Å². The van der Waals surface area contributed by atoms with Crippen molar-refractivity contribution in [2.45, 2.75) is 19.4 Å². The van der Waals surface area contributed by atoms with Crippen molar-refractivity contribution in [3.8, 4) is 11.4 Å². The van der Waals surface area contributed by atoms with Crippen molar-refractivity contribution in [1.29, 1.82) is 0 Å². The van der Waals surface area contributed by atoms with E-state index in [4.69, 9.17) is 0 Å². The molecule has 1 aromatic heterocycles. The number of sulfone groups is 1. The minimum absolute atomic E-state index is 0.00620. The number of nitrogens with one attached hydrogen (secondary N) is 2. The van der Waals surface area contributed by atoms with Crippen LogP contribution in [-0.4, -0.2) is 41.3 Å². The van der Waals surface area contributed by atoms with E-state index in [0.29, 0.717) is 28.7 Å². The van der Waals surface area contributed by atoms with E-state index in [1.165, 1.54) is 4.57 Å². The number of carbonyl (C=O) groups is 2. The van der Waals surface area contributed by atoms with Gasteiger partial charge in [-0.25, -0.2) is 13.4 Å². The van der Waals surface area contributed by atoms with Gasteiger partial charge >= 0.3 is 0 Å². The summed E-state index contributed by atoms with van der Waals surface area (Å²) < 4.78 is 24.3. The lowest BCUT2D eigenvalue weighted by Crippen LogP contribution is -2.45. The lowest BCUT2D eigenvalue weighted by molar-refractivity contribution is -0.129. The smallest absolute Gasteiger partial charge is 0.262 e. The van der Waals surface area contributed by atoms with Crippen molar-refractivity contribution < 1.29 is 18.0 Å². The molecule has 1 fully saturated rings. The van der Waals surface area contributed by atoms with Crippen molar-refractivity contribution in [1.82, 2.24) is 20.4 Å². The van der Waals surface area contributed by atoms with Crippen LogP contribution in [0.3, 0.4) is 0 Å². The summed E-state index contributed by atoms with van der Waals surface area (Å²) in [5, 5.41) is 0.381. The van der Waals surface area contributed by atoms with Crippen molar-refractivity contribution in [2.75, 3.05) is 11.5 Å². The Morgan fingerprint density at radius 1 is 1.00 bits per heavy atom. The van der Waals surface area contributed by atoms with Crippen LogP contribution in [0.25, 0.3) is 22.3 Å². The topological polar surface area (TPSA) is 127 Å². The lowest BCUT2D eigenvalue weighted by Gasteiger charge is -2.14. The Hall–Kier alpha value is -3.53. The number of benzene rings is 2. The third kappa shape index (κ3) is 4.86. The summed E-state index contributed by atoms with van der Waals surface area (Å²) in [4.78, 5) is 42.3. The second-order valence-corrected chi connectivity index (χ2v) is 10.0. The van der Waals surface area contributed by atoms with E-state index in [-0.39, 0.29) is 35.9 Å². The third-order valence-corrected chi connectivity index (χ3v) is 7.17. The summed E-state index contributed by atoms with van der Waals surface area (Å²) >= 11 is 0. The summed E-state index contributed by atoms with van der Waals surface area (Å²) in [6.45, 7) is -0.348. The second-order valence-electron chi connectivity index (χ2n) is 7.78. The van der Waals surface area contributed by atoms with Crippen molar-refractivity contribution >= 4 is 32.6 Å². The first-order valence-electron chi connectivity index (χ1n) is 10.2. The van der Waals surface area contributed by atoms with E-state index in [1.54, 1.807) is 36.4 Å². The average Bonchev–Trinajstić information content (AvgIpc) is 3.12. The molecule has 0 aliphatic carbocycles. The molecule has 9 nitrogen and oxygen atoms in total. The molecule has 1 aliphatic heterocycles. The first-order chi connectivity index (χ1) is 15.3. The van der Waals surface area contributed by atoms with E-state index in [1.807, 2.05) is 18.2 Å². The molecule has 0 radical (unpaired) electrons. The first kappa shape index (κ1) is 21.7. The highest BCUT2D eigenvalue weighted by atomic mass is 32.2. The maximum Gasteiger partial charge on any atom is 0.262 e. The highest BCUT2D eigenvalue weighted by molar-refractivity contribution is 7.91. The van der Waals surface area contributed by atoms with Gasteiger partial charge in [0.15, 0.2) is 9.84 Å². The molecular weight excluding hydrogens is 432 g/mol. The zero-order chi connectivity index (χ0) is 22.7. The quantitative estimate of drug-likeness (QED) is 0.555. The second kappa shape index (κ2) is 8.91. The molecule has 2 aromatic carbocycles. The Labute approximate surface area is 184 Å². The molecule has 10 heteroatoms. The zero-order valence-electron chi connectivity index (χ0n) is 17.2. The Kier molecular flexibility index (Phi) is 6.04. The van der Waals surface area contributed by atoms with Gasteiger partial charge in [0, 0.05) is 12.0 Å². The molecular formula is C22H22N4O5S. The van der Waals surface area contributed by atoms with Crippen molar-refractivity contribution in [3.63, 3.8) is 0 Å². The van der Waals surface area contributed by atoms with E-state index < -0.39 is 21.7 Å². The summed E-state index contributed by atoms with van der Waals surface area (Å²) in [5.41, 5.74) is 5.44. The Balaban J connectivity index is 1.50. The van der Waals surface area contributed by atoms with Crippen LogP contribution in [0.1, 0.15) is 12.8 Å². The van der Waals surface area contributed by atoms with Crippen molar-refractivity contribution in [2.24, 2.45) is 5.92 Å². The van der Waals surface area contributed by atoms with Gasteiger partial charge < -0.3 is 0 Å². The number of aromatic nitrogens is 2. The number of rotatable bonds is 5. The first-order valence-corrected chi connectivity index (χ1v) is 12.0. The zero-order valence-corrected chi connectivity index (χ0v) is 18.0. The van der Waals surface area contributed by atoms with Gasteiger partial charge in [-0.3, -0.25) is 29.8 Å². The fourth-order valence-corrected chi connectivity index (χ4v) is 5.65. The third-order valence-electron chi connectivity index (χ3n) is 5.34. The van der Waals surface area contributed by atoms with E-state index >= 15 is 0 Å². The van der Waals surface area contributed by atoms with Crippen LogP contribution in [0.4, 0.5) is 0 Å². The summed E-state index contributed by atoms with van der Waals surface area (Å²) in [5.74, 6) is -0.938. The minimum Gasteiger partial charge on any atom is -0.283 e. The Morgan fingerprint density at radius 2 is 1.69 bits per heavy atom. The number of fused-ring (bicyclic) bond motifs is 1. The van der Waals surface area contributed by atoms with E-state index in [0.717, 1.165) is 0 Å². The molecule has 2 N–H and O–H groups in total. The van der Waals surface area contributed by atoms with Gasteiger partial charge in [-0.05, 0) is 24.5 Å².